The molecule has 7 heteroatoms. The summed E-state index contributed by atoms with van der Waals surface area (Å²) in [4.78, 5) is 21.6. The summed E-state index contributed by atoms with van der Waals surface area (Å²) in [6.45, 7) is 4.08. The highest BCUT2D eigenvalue weighted by Crippen LogP contribution is 2.29. The molecule has 0 saturated heterocycles. The van der Waals surface area contributed by atoms with Gasteiger partial charge in [0, 0.05) is 6.20 Å². The molecule has 0 aliphatic heterocycles. The summed E-state index contributed by atoms with van der Waals surface area (Å²) in [6, 6.07) is 3.97. The average Bonchev–Trinajstić information content (AvgIpc) is 3.38. The van der Waals surface area contributed by atoms with E-state index < -0.39 is 17.5 Å². The molecule has 5 nitrogen and oxygen atoms in total. The van der Waals surface area contributed by atoms with Crippen LogP contribution in [0.2, 0.25) is 0 Å². The molecular weight excluding hydrogens is 328 g/mol. The number of rotatable bonds is 6. The second-order valence-corrected chi connectivity index (χ2v) is 6.27. The summed E-state index contributed by atoms with van der Waals surface area (Å²) >= 11 is 0. The van der Waals surface area contributed by atoms with Gasteiger partial charge in [-0.05, 0) is 55.9 Å². The minimum Gasteiger partial charge on any atom is -0.337 e. The fourth-order valence-corrected chi connectivity index (χ4v) is 2.39. The van der Waals surface area contributed by atoms with Crippen molar-refractivity contribution in [1.29, 1.82) is 0 Å². The van der Waals surface area contributed by atoms with E-state index in [1.807, 2.05) is 13.0 Å². The Balaban J connectivity index is 1.85. The van der Waals surface area contributed by atoms with Gasteiger partial charge in [0.15, 0.2) is 11.6 Å². The number of pyridine rings is 1. The lowest BCUT2D eigenvalue weighted by atomic mass is 10.1. The minimum atomic E-state index is -1.14. The van der Waals surface area contributed by atoms with Crippen molar-refractivity contribution in [2.75, 3.05) is 11.9 Å². The molecule has 1 heterocycles. The van der Waals surface area contributed by atoms with Crippen molar-refractivity contribution in [3.8, 4) is 0 Å². The van der Waals surface area contributed by atoms with E-state index in [4.69, 9.17) is 4.84 Å². The Labute approximate surface area is 144 Å². The predicted octanol–water partition coefficient (Wildman–Crippen LogP) is 3.79. The van der Waals surface area contributed by atoms with Gasteiger partial charge in [-0.1, -0.05) is 6.07 Å². The van der Waals surface area contributed by atoms with Crippen molar-refractivity contribution in [1.82, 2.24) is 10.5 Å². The maximum Gasteiger partial charge on any atom is 0.277 e. The van der Waals surface area contributed by atoms with E-state index in [0.29, 0.717) is 18.3 Å². The largest absolute Gasteiger partial charge is 0.337 e. The molecule has 132 valence electrons. The molecule has 25 heavy (non-hydrogen) atoms. The van der Waals surface area contributed by atoms with Crippen LogP contribution in [0.25, 0.3) is 0 Å². The zero-order chi connectivity index (χ0) is 18.0. The normalized spacial score (nSPS) is 13.6. The molecule has 0 atom stereocenters. The first-order chi connectivity index (χ1) is 12.0. The third kappa shape index (κ3) is 4.11. The summed E-state index contributed by atoms with van der Waals surface area (Å²) in [5, 5.41) is 2.73. The summed E-state index contributed by atoms with van der Waals surface area (Å²) in [5.41, 5.74) is 3.64. The standard InChI is InChI=1S/C18H19F2N3O2/c1-10-7-11(2)17(21-8-10)22-16-13(5-6-14(19)15(16)20)18(24)23-25-9-12-3-4-12/h5-8,12H,3-4,9H2,1-2H3,(H,21,22)(H,23,24). The second-order valence-electron chi connectivity index (χ2n) is 6.27. The summed E-state index contributed by atoms with van der Waals surface area (Å²) in [5.74, 6) is -2.03. The Kier molecular flexibility index (Phi) is 4.94. The zero-order valence-electron chi connectivity index (χ0n) is 14.0. The molecule has 1 aliphatic rings. The number of hydrogen-bond acceptors (Lipinski definition) is 4. The van der Waals surface area contributed by atoms with Crippen LogP contribution in [-0.2, 0) is 4.84 Å². The number of nitrogens with one attached hydrogen (secondary N) is 2. The molecular formula is C18H19F2N3O2. The van der Waals surface area contributed by atoms with Gasteiger partial charge in [0.2, 0.25) is 0 Å². The number of hydrogen-bond donors (Lipinski definition) is 2. The molecule has 2 N–H and O–H groups in total. The highest BCUT2D eigenvalue weighted by atomic mass is 19.2. The summed E-state index contributed by atoms with van der Waals surface area (Å²) < 4.78 is 28.0. The summed E-state index contributed by atoms with van der Waals surface area (Å²) in [7, 11) is 0. The first-order valence-corrected chi connectivity index (χ1v) is 8.06. The SMILES string of the molecule is Cc1cnc(Nc2c(C(=O)NOCC3CC3)ccc(F)c2F)c(C)c1. The predicted molar refractivity (Wildman–Crippen MR) is 89.5 cm³/mol. The second kappa shape index (κ2) is 7.14. The van der Waals surface area contributed by atoms with Crippen LogP contribution in [0.15, 0.2) is 24.4 Å². The smallest absolute Gasteiger partial charge is 0.277 e. The first kappa shape index (κ1) is 17.3. The van der Waals surface area contributed by atoms with Gasteiger partial charge in [0.05, 0.1) is 17.9 Å². The number of nitrogens with zero attached hydrogens (tertiary/aromatic N) is 1. The number of carbonyl (C=O) groups excluding carboxylic acids is 1. The van der Waals surface area contributed by atoms with E-state index in [0.717, 1.165) is 30.0 Å². The average molecular weight is 347 g/mol. The number of carbonyl (C=O) groups is 1. The highest BCUT2D eigenvalue weighted by molar-refractivity contribution is 5.99. The van der Waals surface area contributed by atoms with Gasteiger partial charge in [-0.3, -0.25) is 9.63 Å². The molecule has 0 spiro atoms. The quantitative estimate of drug-likeness (QED) is 0.781. The molecule has 3 rings (SSSR count). The van der Waals surface area contributed by atoms with Crippen LogP contribution >= 0.6 is 0 Å². The van der Waals surface area contributed by atoms with Crippen molar-refractivity contribution in [3.05, 3.63) is 52.7 Å². The lowest BCUT2D eigenvalue weighted by Gasteiger charge is -2.14. The van der Waals surface area contributed by atoms with E-state index >= 15 is 0 Å². The third-order valence-electron chi connectivity index (χ3n) is 3.98. The number of aryl methyl sites for hydroxylation is 2. The minimum absolute atomic E-state index is 0.0588. The molecule has 0 radical (unpaired) electrons. The van der Waals surface area contributed by atoms with E-state index in [-0.39, 0.29) is 11.3 Å². The number of amides is 1. The van der Waals surface area contributed by atoms with Crippen LogP contribution in [-0.4, -0.2) is 17.5 Å². The van der Waals surface area contributed by atoms with E-state index in [2.05, 4.69) is 15.8 Å². The van der Waals surface area contributed by atoms with Crippen molar-refractivity contribution >= 4 is 17.4 Å². The van der Waals surface area contributed by atoms with Crippen LogP contribution in [0.5, 0.6) is 0 Å². The van der Waals surface area contributed by atoms with Crippen LogP contribution in [0.4, 0.5) is 20.3 Å². The Hall–Kier alpha value is -2.54. The Morgan fingerprint density at radius 2 is 2.08 bits per heavy atom. The lowest BCUT2D eigenvalue weighted by molar-refractivity contribution is 0.0270. The monoisotopic (exact) mass is 347 g/mol. The number of halogens is 2. The Morgan fingerprint density at radius 1 is 1.32 bits per heavy atom. The fourth-order valence-electron chi connectivity index (χ4n) is 2.39. The topological polar surface area (TPSA) is 63.2 Å². The molecule has 2 aromatic rings. The number of benzene rings is 1. The highest BCUT2D eigenvalue weighted by Gasteiger charge is 2.23. The van der Waals surface area contributed by atoms with Crippen molar-refractivity contribution < 1.29 is 18.4 Å². The van der Waals surface area contributed by atoms with Crippen LogP contribution < -0.4 is 10.8 Å². The van der Waals surface area contributed by atoms with Gasteiger partial charge in [-0.2, -0.15) is 0 Å². The molecule has 1 aromatic carbocycles. The molecule has 1 saturated carbocycles. The van der Waals surface area contributed by atoms with Gasteiger partial charge < -0.3 is 5.32 Å². The Morgan fingerprint density at radius 3 is 2.76 bits per heavy atom. The molecule has 1 aromatic heterocycles. The molecule has 1 amide bonds. The summed E-state index contributed by atoms with van der Waals surface area (Å²) in [6.07, 6.45) is 3.75. The zero-order valence-corrected chi connectivity index (χ0v) is 14.0. The number of aromatic nitrogens is 1. The molecule has 1 fully saturated rings. The fraction of sp³-hybridized carbons (Fsp3) is 0.333. The van der Waals surface area contributed by atoms with Gasteiger partial charge in [0.25, 0.3) is 5.91 Å². The van der Waals surface area contributed by atoms with E-state index in [1.54, 1.807) is 13.1 Å². The van der Waals surface area contributed by atoms with E-state index in [9.17, 15) is 13.6 Å². The molecule has 1 aliphatic carbocycles. The number of anilines is 2. The van der Waals surface area contributed by atoms with E-state index in [1.165, 1.54) is 6.07 Å². The van der Waals surface area contributed by atoms with Crippen molar-refractivity contribution in [3.63, 3.8) is 0 Å². The van der Waals surface area contributed by atoms with Crippen LogP contribution in [0.3, 0.4) is 0 Å². The van der Waals surface area contributed by atoms with Crippen LogP contribution in [0, 0.1) is 31.4 Å². The van der Waals surface area contributed by atoms with Gasteiger partial charge >= 0.3 is 0 Å². The van der Waals surface area contributed by atoms with Gasteiger partial charge in [0.1, 0.15) is 5.82 Å². The molecule has 0 unspecified atom stereocenters. The maximum absolute atomic E-state index is 14.3. The van der Waals surface area contributed by atoms with Crippen molar-refractivity contribution in [2.45, 2.75) is 26.7 Å². The van der Waals surface area contributed by atoms with Crippen molar-refractivity contribution in [2.24, 2.45) is 5.92 Å². The van der Waals surface area contributed by atoms with Crippen LogP contribution in [0.1, 0.15) is 34.3 Å². The maximum atomic E-state index is 14.3. The Bertz CT molecular complexity index is 807. The molecule has 0 bridgehead atoms. The third-order valence-corrected chi connectivity index (χ3v) is 3.98. The van der Waals surface area contributed by atoms with Gasteiger partial charge in [-0.15, -0.1) is 0 Å². The van der Waals surface area contributed by atoms with Gasteiger partial charge in [-0.25, -0.2) is 19.2 Å². The first-order valence-electron chi connectivity index (χ1n) is 8.06. The lowest BCUT2D eigenvalue weighted by Crippen LogP contribution is -2.26. The number of hydroxylamine groups is 1.